The van der Waals surface area contributed by atoms with Gasteiger partial charge < -0.3 is 27.1 Å². The lowest BCUT2D eigenvalue weighted by Crippen LogP contribution is -2.13. The number of fused-ring (bicyclic) bond motifs is 18. The fourth-order valence-electron chi connectivity index (χ4n) is 14.5. The van der Waals surface area contributed by atoms with Crippen LogP contribution in [-0.4, -0.2) is 18.3 Å². The molecule has 6 heterocycles. The quantitative estimate of drug-likeness (QED) is 0.167. The molecule has 0 N–H and O–H groups in total. The molecule has 19 rings (SSSR count). The van der Waals surface area contributed by atoms with E-state index in [0.29, 0.717) is 5.56 Å². The predicted molar refractivity (Wildman–Crippen MR) is 354 cm³/mol. The molecule has 0 saturated heterocycles. The van der Waals surface area contributed by atoms with Gasteiger partial charge in [-0.15, -0.1) is 0 Å². The van der Waals surface area contributed by atoms with Crippen molar-refractivity contribution in [3.05, 3.63) is 279 Å². The van der Waals surface area contributed by atoms with Crippen LogP contribution in [0.25, 0.3) is 176 Å². The molecule has 86 heavy (non-hydrogen) atoms. The number of nitrogens with zero attached hydrogens (tertiary/aromatic N) is 5. The highest BCUT2D eigenvalue weighted by Crippen LogP contribution is 2.49. The van der Waals surface area contributed by atoms with Crippen molar-refractivity contribution in [3.63, 3.8) is 0 Å². The molecule has 0 atom stereocenters. The molecular formula is C79H45N5O2. The van der Waals surface area contributed by atoms with Gasteiger partial charge in [0, 0.05) is 64.6 Å². The van der Waals surface area contributed by atoms with E-state index in [-0.39, 0.29) is 0 Å². The van der Waals surface area contributed by atoms with Gasteiger partial charge in [0.15, 0.2) is 0 Å². The van der Waals surface area contributed by atoms with Crippen molar-refractivity contribution in [2.75, 3.05) is 0 Å². The zero-order valence-electron chi connectivity index (χ0n) is 46.0. The molecule has 0 aliphatic rings. The molecule has 7 heteroatoms. The molecule has 0 spiro atoms. The maximum atomic E-state index is 13.0. The van der Waals surface area contributed by atoms with Gasteiger partial charge in [0.25, 0.3) is 0 Å². The summed E-state index contributed by atoms with van der Waals surface area (Å²) in [6.45, 7) is 0. The van der Waals surface area contributed by atoms with E-state index in [9.17, 15) is 5.26 Å². The van der Waals surface area contributed by atoms with E-state index in [1.165, 1.54) is 0 Å². The smallest absolute Gasteiger partial charge is 0.136 e. The summed E-state index contributed by atoms with van der Waals surface area (Å²) in [6.07, 6.45) is 0. The van der Waals surface area contributed by atoms with Crippen molar-refractivity contribution >= 4 is 131 Å². The van der Waals surface area contributed by atoms with E-state index in [4.69, 9.17) is 8.83 Å². The van der Waals surface area contributed by atoms with Crippen molar-refractivity contribution in [1.29, 1.82) is 5.26 Å². The molecule has 0 saturated carbocycles. The third kappa shape index (κ3) is 6.44. The number of aromatic nitrogens is 4. The SMILES string of the molecule is N#Cc1c(-n2c3ccccc3c3ccccc32)c(-n2c3ccc(-c4ccccc4)cc3c3cc4oc5ccccc5c4cc32)cc(-n2c3ccc(-c4ccccc4)cc3c3cc4oc5ccccc5c4cc32)c1-n1c2ccccc2c2ccccc21. The molecule has 7 nitrogen and oxygen atoms in total. The number of nitriles is 1. The Hall–Kier alpha value is -11.9. The van der Waals surface area contributed by atoms with Gasteiger partial charge in [-0.25, -0.2) is 0 Å². The largest absolute Gasteiger partial charge is 0.456 e. The topological polar surface area (TPSA) is 69.8 Å². The minimum Gasteiger partial charge on any atom is -0.456 e. The van der Waals surface area contributed by atoms with Crippen molar-refractivity contribution in [1.82, 2.24) is 18.3 Å². The lowest BCUT2D eigenvalue weighted by atomic mass is 10.0. The molecule has 0 radical (unpaired) electrons. The normalized spacial score (nSPS) is 12.2. The van der Waals surface area contributed by atoms with Crippen molar-refractivity contribution in [2.24, 2.45) is 0 Å². The molecule has 19 aromatic rings. The molecule has 0 aliphatic heterocycles. The second kappa shape index (κ2) is 17.6. The molecule has 398 valence electrons. The van der Waals surface area contributed by atoms with Crippen LogP contribution in [0.5, 0.6) is 0 Å². The Kier molecular flexibility index (Phi) is 9.55. The third-order valence-electron chi connectivity index (χ3n) is 18.2. The highest BCUT2D eigenvalue weighted by Gasteiger charge is 2.32. The number of benzene rings is 13. The summed E-state index contributed by atoms with van der Waals surface area (Å²) < 4.78 is 23.1. The van der Waals surface area contributed by atoms with Gasteiger partial charge in [-0.1, -0.05) is 182 Å². The highest BCUT2D eigenvalue weighted by atomic mass is 16.3. The number of hydrogen-bond donors (Lipinski definition) is 0. The number of hydrogen-bond acceptors (Lipinski definition) is 3. The third-order valence-corrected chi connectivity index (χ3v) is 18.2. The minimum atomic E-state index is 0.506. The second-order valence-electron chi connectivity index (χ2n) is 22.6. The van der Waals surface area contributed by atoms with Crippen LogP contribution in [0.4, 0.5) is 0 Å². The van der Waals surface area contributed by atoms with Crippen LogP contribution in [0.1, 0.15) is 5.56 Å². The van der Waals surface area contributed by atoms with Gasteiger partial charge in [-0.3, -0.25) is 0 Å². The van der Waals surface area contributed by atoms with Crippen molar-refractivity contribution in [3.8, 4) is 51.1 Å². The summed E-state index contributed by atoms with van der Waals surface area (Å²) >= 11 is 0. The average Bonchev–Trinajstić information content (AvgIpc) is 1.62. The van der Waals surface area contributed by atoms with Crippen LogP contribution in [0.15, 0.2) is 282 Å². The fraction of sp³-hybridized carbons (Fsp3) is 0. The maximum Gasteiger partial charge on any atom is 0.136 e. The lowest BCUT2D eigenvalue weighted by Gasteiger charge is -2.25. The first kappa shape index (κ1) is 46.7. The van der Waals surface area contributed by atoms with Crippen LogP contribution in [0.2, 0.25) is 0 Å². The molecule has 0 unspecified atom stereocenters. The summed E-state index contributed by atoms with van der Waals surface area (Å²) in [5, 5.41) is 25.6. The molecule has 13 aromatic carbocycles. The van der Waals surface area contributed by atoms with Gasteiger partial charge in [0.1, 0.15) is 34.0 Å². The Morgan fingerprint density at radius 3 is 0.965 bits per heavy atom. The Morgan fingerprint density at radius 2 is 0.570 bits per heavy atom. The van der Waals surface area contributed by atoms with E-state index >= 15 is 0 Å². The van der Waals surface area contributed by atoms with E-state index in [0.717, 1.165) is 176 Å². The Bertz CT molecular complexity index is 5680. The highest BCUT2D eigenvalue weighted by molar-refractivity contribution is 6.21. The molecule has 0 bridgehead atoms. The van der Waals surface area contributed by atoms with Gasteiger partial charge in [-0.2, -0.15) is 5.26 Å². The first-order valence-corrected chi connectivity index (χ1v) is 29.1. The zero-order chi connectivity index (χ0) is 56.3. The summed E-state index contributed by atoms with van der Waals surface area (Å²) in [7, 11) is 0. The molecule has 6 aromatic heterocycles. The molecule has 0 amide bonds. The van der Waals surface area contributed by atoms with Gasteiger partial charge in [0.2, 0.25) is 0 Å². The van der Waals surface area contributed by atoms with Crippen molar-refractivity contribution in [2.45, 2.75) is 0 Å². The van der Waals surface area contributed by atoms with E-state index in [1.807, 2.05) is 24.3 Å². The van der Waals surface area contributed by atoms with Crippen molar-refractivity contribution < 1.29 is 8.83 Å². The van der Waals surface area contributed by atoms with E-state index in [2.05, 4.69) is 273 Å². The Morgan fingerprint density at radius 1 is 0.233 bits per heavy atom. The molecule has 0 fully saturated rings. The lowest BCUT2D eigenvalue weighted by molar-refractivity contribution is 0.669. The molecular weight excluding hydrogens is 1050 g/mol. The first-order chi connectivity index (χ1) is 42.6. The number of para-hydroxylation sites is 6. The summed E-state index contributed by atoms with van der Waals surface area (Å²) in [5.41, 5.74) is 19.3. The maximum absolute atomic E-state index is 13.0. The van der Waals surface area contributed by atoms with E-state index in [1.54, 1.807) is 0 Å². The summed E-state index contributed by atoms with van der Waals surface area (Å²) in [5.74, 6) is 0. The van der Waals surface area contributed by atoms with Crippen LogP contribution >= 0.6 is 0 Å². The second-order valence-corrected chi connectivity index (χ2v) is 22.6. The van der Waals surface area contributed by atoms with Crippen LogP contribution in [-0.2, 0) is 0 Å². The first-order valence-electron chi connectivity index (χ1n) is 29.1. The zero-order valence-corrected chi connectivity index (χ0v) is 46.0. The standard InChI is InChI=1S/C79H45N5O2/c80-46-63-78(83-64-29-13-7-23-51(64)52-24-8-14-30-65(52)83)72(81-68-37-35-49(47-19-3-1-4-20-47)39-57(68)59-43-76-61(41-70(59)81)55-27-11-17-33-74(55)85-76)45-73(79(63)84-66-31-15-9-25-53(66)54-26-10-16-32-67(54)84)82-69-38-36-50(48-21-5-2-6-22-48)40-58(69)60-44-77-62(42-71(60)82)56-28-12-18-34-75(56)86-77/h1-45H. The van der Waals surface area contributed by atoms with Gasteiger partial charge >= 0.3 is 0 Å². The Labute approximate surface area is 490 Å². The number of furan rings is 2. The van der Waals surface area contributed by atoms with Crippen LogP contribution in [0.3, 0.4) is 0 Å². The van der Waals surface area contributed by atoms with E-state index < -0.39 is 0 Å². The summed E-state index contributed by atoms with van der Waals surface area (Å²) in [4.78, 5) is 0. The average molecular weight is 1100 g/mol. The summed E-state index contributed by atoms with van der Waals surface area (Å²) in [6, 6.07) is 101. The van der Waals surface area contributed by atoms with Gasteiger partial charge in [-0.05, 0) is 113 Å². The minimum absolute atomic E-state index is 0.506. The number of rotatable bonds is 6. The van der Waals surface area contributed by atoms with Crippen LogP contribution in [0, 0.1) is 11.3 Å². The molecule has 0 aliphatic carbocycles. The fourth-order valence-corrected chi connectivity index (χ4v) is 14.5. The predicted octanol–water partition coefficient (Wildman–Crippen LogP) is 21.1. The van der Waals surface area contributed by atoms with Gasteiger partial charge in [0.05, 0.1) is 66.9 Å². The Balaban J connectivity index is 1.07. The monoisotopic (exact) mass is 1100 g/mol. The van der Waals surface area contributed by atoms with Crippen LogP contribution < -0.4 is 0 Å².